The third-order valence-electron chi connectivity index (χ3n) is 2.99. The number of carbonyl (C=O) groups is 1. The highest BCUT2D eigenvalue weighted by atomic mass is 19.1. The van der Waals surface area contributed by atoms with E-state index < -0.39 is 19.2 Å². The maximum Gasteiger partial charge on any atom is 0.416 e. The topological polar surface area (TPSA) is 38.8 Å². The van der Waals surface area contributed by atoms with Gasteiger partial charge in [-0.15, -0.1) is 0 Å². The van der Waals surface area contributed by atoms with Crippen molar-refractivity contribution in [1.29, 1.82) is 0 Å². The van der Waals surface area contributed by atoms with E-state index in [0.717, 1.165) is 17.7 Å². The summed E-state index contributed by atoms with van der Waals surface area (Å²) in [7, 11) is 0. The van der Waals surface area contributed by atoms with E-state index in [2.05, 4.69) is 0 Å². The first-order valence-corrected chi connectivity index (χ1v) is 6.38. The van der Waals surface area contributed by atoms with Crippen molar-refractivity contribution in [2.45, 2.75) is 39.0 Å². The number of para-hydroxylation sites is 1. The van der Waals surface area contributed by atoms with E-state index in [4.69, 9.17) is 9.47 Å². The van der Waals surface area contributed by atoms with Crippen molar-refractivity contribution in [3.63, 3.8) is 0 Å². The zero-order valence-corrected chi connectivity index (χ0v) is 11.1. The number of fused-ring (bicyclic) bond motifs is 1. The first kappa shape index (κ1) is 13.8. The van der Waals surface area contributed by atoms with Gasteiger partial charge < -0.3 is 9.47 Å². The molecule has 4 nitrogen and oxygen atoms in total. The lowest BCUT2D eigenvalue weighted by Gasteiger charge is -2.35. The van der Waals surface area contributed by atoms with Gasteiger partial charge in [0.2, 0.25) is 0 Å². The second kappa shape index (κ2) is 6.02. The molecule has 1 unspecified atom stereocenters. The molecule has 0 aromatic heterocycles. The molecule has 0 fully saturated rings. The number of hydrogen-bond donors (Lipinski definition) is 0. The monoisotopic (exact) mass is 267 g/mol. The van der Waals surface area contributed by atoms with Crippen molar-refractivity contribution >= 4 is 11.8 Å². The molecule has 2 rings (SSSR count). The van der Waals surface area contributed by atoms with Crippen molar-refractivity contribution in [3.8, 4) is 0 Å². The molecule has 1 amide bonds. The molecule has 5 heteroatoms. The standard InChI is InChI=1S/C14H18FNO3/c1-10(2)19-14(17)16-12-6-4-3-5-11(12)7-8-13(16)18-9-15/h3-6,10,13H,7-9H2,1-2H3. The largest absolute Gasteiger partial charge is 0.446 e. The minimum atomic E-state index is -0.918. The summed E-state index contributed by atoms with van der Waals surface area (Å²) in [4.78, 5) is 13.6. The summed E-state index contributed by atoms with van der Waals surface area (Å²) in [5.41, 5.74) is 1.78. The van der Waals surface area contributed by atoms with Gasteiger partial charge >= 0.3 is 6.09 Å². The van der Waals surface area contributed by atoms with Crippen LogP contribution < -0.4 is 4.90 Å². The Balaban J connectivity index is 2.30. The number of anilines is 1. The summed E-state index contributed by atoms with van der Waals surface area (Å²) in [5, 5.41) is 0. The molecule has 0 saturated carbocycles. The van der Waals surface area contributed by atoms with Crippen LogP contribution in [0.3, 0.4) is 0 Å². The van der Waals surface area contributed by atoms with Crippen LogP contribution in [-0.2, 0) is 15.9 Å². The van der Waals surface area contributed by atoms with Gasteiger partial charge in [0.25, 0.3) is 0 Å². The molecule has 0 saturated heterocycles. The van der Waals surface area contributed by atoms with Crippen molar-refractivity contribution in [2.24, 2.45) is 0 Å². The Hall–Kier alpha value is -1.62. The number of amides is 1. The highest BCUT2D eigenvalue weighted by Crippen LogP contribution is 2.31. The Morgan fingerprint density at radius 1 is 1.47 bits per heavy atom. The van der Waals surface area contributed by atoms with Gasteiger partial charge in [-0.05, 0) is 38.3 Å². The molecule has 1 atom stereocenters. The van der Waals surface area contributed by atoms with Crippen LogP contribution in [0.25, 0.3) is 0 Å². The number of benzene rings is 1. The van der Waals surface area contributed by atoms with Crippen LogP contribution in [-0.4, -0.2) is 25.3 Å². The molecule has 0 N–H and O–H groups in total. The second-order valence-electron chi connectivity index (χ2n) is 4.70. The minimum Gasteiger partial charge on any atom is -0.446 e. The van der Waals surface area contributed by atoms with E-state index in [1.807, 2.05) is 24.3 Å². The van der Waals surface area contributed by atoms with Crippen LogP contribution in [0.5, 0.6) is 0 Å². The minimum absolute atomic E-state index is 0.229. The zero-order chi connectivity index (χ0) is 13.8. The molecule has 1 aromatic rings. The fraction of sp³-hybridized carbons (Fsp3) is 0.500. The average molecular weight is 267 g/mol. The lowest BCUT2D eigenvalue weighted by Crippen LogP contribution is -2.46. The maximum atomic E-state index is 12.5. The van der Waals surface area contributed by atoms with Gasteiger partial charge in [0.05, 0.1) is 11.8 Å². The van der Waals surface area contributed by atoms with E-state index >= 15 is 0 Å². The SMILES string of the molecule is CC(C)OC(=O)N1c2ccccc2CCC1OCF. The molecule has 0 bridgehead atoms. The van der Waals surface area contributed by atoms with Crippen LogP contribution in [0, 0.1) is 0 Å². The van der Waals surface area contributed by atoms with Gasteiger partial charge in [0.1, 0.15) is 6.23 Å². The summed E-state index contributed by atoms with van der Waals surface area (Å²) in [5.74, 6) is 0. The van der Waals surface area contributed by atoms with E-state index in [9.17, 15) is 9.18 Å². The van der Waals surface area contributed by atoms with Crippen molar-refractivity contribution in [3.05, 3.63) is 29.8 Å². The van der Waals surface area contributed by atoms with Gasteiger partial charge in [0.15, 0.2) is 6.86 Å². The predicted octanol–water partition coefficient (Wildman–Crippen LogP) is 3.25. The molecule has 1 aromatic carbocycles. The number of hydrogen-bond acceptors (Lipinski definition) is 3. The quantitative estimate of drug-likeness (QED) is 0.843. The molecular weight excluding hydrogens is 249 g/mol. The first-order chi connectivity index (χ1) is 9.13. The van der Waals surface area contributed by atoms with E-state index in [1.54, 1.807) is 13.8 Å². The Morgan fingerprint density at radius 2 is 2.21 bits per heavy atom. The number of nitrogens with zero attached hydrogens (tertiary/aromatic N) is 1. The zero-order valence-electron chi connectivity index (χ0n) is 11.1. The van der Waals surface area contributed by atoms with Crippen molar-refractivity contribution in [1.82, 2.24) is 0 Å². The molecule has 1 aliphatic heterocycles. The van der Waals surface area contributed by atoms with Gasteiger partial charge in [-0.3, -0.25) is 4.90 Å². The summed E-state index contributed by atoms with van der Waals surface area (Å²) < 4.78 is 22.7. The van der Waals surface area contributed by atoms with Crippen LogP contribution in [0.1, 0.15) is 25.8 Å². The van der Waals surface area contributed by atoms with Gasteiger partial charge in [-0.25, -0.2) is 9.18 Å². The Labute approximate surface area is 112 Å². The summed E-state index contributed by atoms with van der Waals surface area (Å²) in [6.07, 6.45) is -0.0141. The maximum absolute atomic E-state index is 12.5. The van der Waals surface area contributed by atoms with E-state index in [1.165, 1.54) is 4.90 Å². The highest BCUT2D eigenvalue weighted by molar-refractivity contribution is 5.89. The molecule has 0 radical (unpaired) electrons. The van der Waals surface area contributed by atoms with Crippen LogP contribution in [0.4, 0.5) is 14.9 Å². The smallest absolute Gasteiger partial charge is 0.416 e. The highest BCUT2D eigenvalue weighted by Gasteiger charge is 2.33. The summed E-state index contributed by atoms with van der Waals surface area (Å²) in [6.45, 7) is 2.63. The fourth-order valence-electron chi connectivity index (χ4n) is 2.23. The van der Waals surface area contributed by atoms with Gasteiger partial charge in [-0.1, -0.05) is 18.2 Å². The van der Waals surface area contributed by atoms with Crippen molar-refractivity contribution in [2.75, 3.05) is 11.8 Å². The Kier molecular flexibility index (Phi) is 4.37. The van der Waals surface area contributed by atoms with E-state index in [-0.39, 0.29) is 6.10 Å². The number of ether oxygens (including phenoxy) is 2. The van der Waals surface area contributed by atoms with Crippen LogP contribution >= 0.6 is 0 Å². The van der Waals surface area contributed by atoms with E-state index in [0.29, 0.717) is 6.42 Å². The third-order valence-corrected chi connectivity index (χ3v) is 2.99. The molecule has 19 heavy (non-hydrogen) atoms. The Morgan fingerprint density at radius 3 is 2.89 bits per heavy atom. The molecule has 1 heterocycles. The number of carbonyl (C=O) groups excluding carboxylic acids is 1. The number of alkyl halides is 1. The predicted molar refractivity (Wildman–Crippen MR) is 69.7 cm³/mol. The number of halogens is 1. The van der Waals surface area contributed by atoms with Crippen LogP contribution in [0.2, 0.25) is 0 Å². The first-order valence-electron chi connectivity index (χ1n) is 6.38. The lowest BCUT2D eigenvalue weighted by molar-refractivity contribution is -0.0133. The summed E-state index contributed by atoms with van der Waals surface area (Å²) >= 11 is 0. The second-order valence-corrected chi connectivity index (χ2v) is 4.70. The average Bonchev–Trinajstić information content (AvgIpc) is 2.37. The third kappa shape index (κ3) is 3.04. The summed E-state index contributed by atoms with van der Waals surface area (Å²) in [6, 6.07) is 7.54. The fourth-order valence-corrected chi connectivity index (χ4v) is 2.23. The van der Waals surface area contributed by atoms with Gasteiger partial charge in [0, 0.05) is 0 Å². The molecule has 0 aliphatic carbocycles. The lowest BCUT2D eigenvalue weighted by atomic mass is 10.0. The molecule has 104 valence electrons. The van der Waals surface area contributed by atoms with Crippen molar-refractivity contribution < 1.29 is 18.7 Å². The van der Waals surface area contributed by atoms with Crippen LogP contribution in [0.15, 0.2) is 24.3 Å². The normalized spacial score (nSPS) is 18.3. The molecule has 1 aliphatic rings. The molecule has 0 spiro atoms. The number of rotatable bonds is 3. The molecular formula is C14H18FNO3. The Bertz CT molecular complexity index is 450. The number of aryl methyl sites for hydroxylation is 1. The van der Waals surface area contributed by atoms with Gasteiger partial charge in [-0.2, -0.15) is 0 Å².